The van der Waals surface area contributed by atoms with Crippen LogP contribution in [0.25, 0.3) is 0 Å². The van der Waals surface area contributed by atoms with Crippen molar-refractivity contribution in [3.8, 4) is 11.8 Å². The number of aryl methyl sites for hydroxylation is 1. The van der Waals surface area contributed by atoms with Gasteiger partial charge in [-0.25, -0.2) is 0 Å². The predicted octanol–water partition coefficient (Wildman–Crippen LogP) is 2.81. The van der Waals surface area contributed by atoms with Crippen molar-refractivity contribution >= 4 is 11.8 Å². The summed E-state index contributed by atoms with van der Waals surface area (Å²) >= 11 is 1.52. The number of hydrogen-bond donors (Lipinski definition) is 0. The minimum atomic E-state index is 0.580. The highest BCUT2D eigenvalue weighted by Gasteiger charge is 2.02. The summed E-state index contributed by atoms with van der Waals surface area (Å²) < 4.78 is 10.8. The van der Waals surface area contributed by atoms with Gasteiger partial charge in [0, 0.05) is 12.7 Å². The molecule has 1 aromatic heterocycles. The monoisotopic (exact) mass is 275 g/mol. The number of hydrogen-bond acceptors (Lipinski definition) is 6. The van der Waals surface area contributed by atoms with Crippen molar-refractivity contribution < 1.29 is 9.15 Å². The first-order valence-corrected chi connectivity index (χ1v) is 6.82. The molecule has 98 valence electrons. The van der Waals surface area contributed by atoms with Gasteiger partial charge in [0.25, 0.3) is 5.22 Å². The third-order valence-electron chi connectivity index (χ3n) is 2.27. The van der Waals surface area contributed by atoms with E-state index < -0.39 is 0 Å². The van der Waals surface area contributed by atoms with Crippen LogP contribution in [0.15, 0.2) is 33.9 Å². The van der Waals surface area contributed by atoms with Gasteiger partial charge in [-0.3, -0.25) is 0 Å². The van der Waals surface area contributed by atoms with Crippen LogP contribution in [0, 0.1) is 18.3 Å². The van der Waals surface area contributed by atoms with E-state index in [2.05, 4.69) is 16.3 Å². The van der Waals surface area contributed by atoms with Crippen LogP contribution in [-0.4, -0.2) is 22.6 Å². The zero-order valence-corrected chi connectivity index (χ0v) is 11.3. The van der Waals surface area contributed by atoms with E-state index in [1.165, 1.54) is 11.8 Å². The quantitative estimate of drug-likeness (QED) is 0.596. The molecule has 2 rings (SSSR count). The van der Waals surface area contributed by atoms with Crippen LogP contribution in [-0.2, 0) is 0 Å². The highest BCUT2D eigenvalue weighted by molar-refractivity contribution is 7.99. The molecule has 0 bridgehead atoms. The molecule has 2 aromatic rings. The molecule has 0 amide bonds. The van der Waals surface area contributed by atoms with E-state index in [4.69, 9.17) is 14.4 Å². The molecule has 0 unspecified atom stereocenters. The van der Waals surface area contributed by atoms with Crippen molar-refractivity contribution in [1.29, 1.82) is 5.26 Å². The summed E-state index contributed by atoms with van der Waals surface area (Å²) in [7, 11) is 0. The normalized spacial score (nSPS) is 10.1. The summed E-state index contributed by atoms with van der Waals surface area (Å²) in [6.07, 6.45) is 0.881. The minimum Gasteiger partial charge on any atom is -0.494 e. The van der Waals surface area contributed by atoms with Crippen LogP contribution >= 0.6 is 11.8 Å². The number of nitriles is 1. The van der Waals surface area contributed by atoms with Crippen molar-refractivity contribution in [1.82, 2.24) is 10.2 Å². The third-order valence-corrected chi connectivity index (χ3v) is 3.18. The fraction of sp³-hybridized carbons (Fsp3) is 0.308. The summed E-state index contributed by atoms with van der Waals surface area (Å²) in [4.78, 5) is 0. The molecule has 0 atom stereocenters. The summed E-state index contributed by atoms with van der Waals surface area (Å²) in [5, 5.41) is 16.9. The van der Waals surface area contributed by atoms with E-state index in [0.29, 0.717) is 23.3 Å². The number of rotatable bonds is 6. The molecule has 0 saturated carbocycles. The summed E-state index contributed by atoms with van der Waals surface area (Å²) in [6.45, 7) is 2.39. The van der Waals surface area contributed by atoms with Crippen LogP contribution in [0.2, 0.25) is 0 Å². The molecule has 0 N–H and O–H groups in total. The second kappa shape index (κ2) is 6.81. The van der Waals surface area contributed by atoms with Gasteiger partial charge in [0.15, 0.2) is 0 Å². The fourth-order valence-electron chi connectivity index (χ4n) is 1.37. The highest BCUT2D eigenvalue weighted by atomic mass is 32.2. The Kier molecular flexibility index (Phi) is 4.81. The Morgan fingerprint density at radius 1 is 1.32 bits per heavy atom. The van der Waals surface area contributed by atoms with Crippen LogP contribution in [0.3, 0.4) is 0 Å². The molecule has 0 aliphatic heterocycles. The Hall–Kier alpha value is -2.00. The summed E-state index contributed by atoms with van der Waals surface area (Å²) in [5.41, 5.74) is 0.634. The van der Waals surface area contributed by atoms with Gasteiger partial charge in [0.2, 0.25) is 5.89 Å². The molecule has 1 aromatic carbocycles. The fourth-order valence-corrected chi connectivity index (χ4v) is 2.09. The molecule has 0 saturated heterocycles. The van der Waals surface area contributed by atoms with Gasteiger partial charge in [0.05, 0.1) is 18.2 Å². The zero-order chi connectivity index (χ0) is 13.5. The summed E-state index contributed by atoms with van der Waals surface area (Å²) in [6, 6.07) is 9.15. The molecular formula is C13H13N3O2S. The van der Waals surface area contributed by atoms with Crippen molar-refractivity contribution in [2.24, 2.45) is 0 Å². The molecule has 0 aliphatic carbocycles. The Balaban J connectivity index is 1.65. The third kappa shape index (κ3) is 4.30. The SMILES string of the molecule is Cc1nnc(SCCCOc2ccc(C#N)cc2)o1. The zero-order valence-electron chi connectivity index (χ0n) is 10.5. The standard InChI is InChI=1S/C13H13N3O2S/c1-10-15-16-13(18-10)19-8-2-7-17-12-5-3-11(9-14)4-6-12/h3-6H,2,7-8H2,1H3. The topological polar surface area (TPSA) is 71.9 Å². The first-order valence-electron chi connectivity index (χ1n) is 5.84. The molecule has 0 radical (unpaired) electrons. The Morgan fingerprint density at radius 2 is 2.11 bits per heavy atom. The Morgan fingerprint density at radius 3 is 2.74 bits per heavy atom. The van der Waals surface area contributed by atoms with Gasteiger partial charge in [-0.15, -0.1) is 10.2 Å². The number of ether oxygens (including phenoxy) is 1. The Labute approximate surface area is 115 Å². The second-order valence-corrected chi connectivity index (χ2v) is 4.82. The molecular weight excluding hydrogens is 262 g/mol. The van der Waals surface area contributed by atoms with Gasteiger partial charge in [-0.05, 0) is 30.7 Å². The van der Waals surface area contributed by atoms with E-state index >= 15 is 0 Å². The van der Waals surface area contributed by atoms with Crippen molar-refractivity contribution in [3.05, 3.63) is 35.7 Å². The lowest BCUT2D eigenvalue weighted by Crippen LogP contribution is -1.98. The number of thioether (sulfide) groups is 1. The smallest absolute Gasteiger partial charge is 0.276 e. The first-order chi connectivity index (χ1) is 9.28. The van der Waals surface area contributed by atoms with Crippen molar-refractivity contribution in [2.75, 3.05) is 12.4 Å². The van der Waals surface area contributed by atoms with Gasteiger partial charge in [-0.2, -0.15) is 5.26 Å². The molecule has 6 heteroatoms. The maximum absolute atomic E-state index is 8.67. The maximum Gasteiger partial charge on any atom is 0.276 e. The van der Waals surface area contributed by atoms with Crippen LogP contribution in [0.5, 0.6) is 5.75 Å². The lowest BCUT2D eigenvalue weighted by molar-refractivity contribution is 0.318. The van der Waals surface area contributed by atoms with E-state index in [9.17, 15) is 0 Å². The first kappa shape index (κ1) is 13.4. The van der Waals surface area contributed by atoms with E-state index in [1.54, 1.807) is 31.2 Å². The average molecular weight is 275 g/mol. The van der Waals surface area contributed by atoms with Gasteiger partial charge in [-0.1, -0.05) is 11.8 Å². The number of aromatic nitrogens is 2. The average Bonchev–Trinajstić information content (AvgIpc) is 2.85. The second-order valence-electron chi connectivity index (χ2n) is 3.77. The van der Waals surface area contributed by atoms with Crippen molar-refractivity contribution in [3.63, 3.8) is 0 Å². The molecule has 0 spiro atoms. The molecule has 19 heavy (non-hydrogen) atoms. The number of benzene rings is 1. The van der Waals surface area contributed by atoms with Crippen molar-refractivity contribution in [2.45, 2.75) is 18.6 Å². The number of nitrogens with zero attached hydrogens (tertiary/aromatic N) is 3. The van der Waals surface area contributed by atoms with E-state index in [1.807, 2.05) is 0 Å². The lowest BCUT2D eigenvalue weighted by Gasteiger charge is -2.04. The molecule has 1 heterocycles. The largest absolute Gasteiger partial charge is 0.494 e. The predicted molar refractivity (Wildman–Crippen MR) is 71.0 cm³/mol. The van der Waals surface area contributed by atoms with Crippen LogP contribution in [0.4, 0.5) is 0 Å². The van der Waals surface area contributed by atoms with Crippen LogP contribution < -0.4 is 4.74 Å². The molecule has 0 aliphatic rings. The highest BCUT2D eigenvalue weighted by Crippen LogP contribution is 2.17. The van der Waals surface area contributed by atoms with E-state index in [0.717, 1.165) is 17.9 Å². The van der Waals surface area contributed by atoms with Gasteiger partial charge >= 0.3 is 0 Å². The molecule has 0 fully saturated rings. The van der Waals surface area contributed by atoms with Gasteiger partial charge < -0.3 is 9.15 Å². The van der Waals surface area contributed by atoms with Gasteiger partial charge in [0.1, 0.15) is 5.75 Å². The lowest BCUT2D eigenvalue weighted by atomic mass is 10.2. The molecule has 5 nitrogen and oxygen atoms in total. The Bertz CT molecular complexity index is 560. The maximum atomic E-state index is 8.67. The van der Waals surface area contributed by atoms with Crippen LogP contribution in [0.1, 0.15) is 17.9 Å². The summed E-state index contributed by atoms with van der Waals surface area (Å²) in [5.74, 6) is 2.21. The van der Waals surface area contributed by atoms with E-state index in [-0.39, 0.29) is 0 Å². The minimum absolute atomic E-state index is 0.580.